The molecule has 3 aromatic rings. The van der Waals surface area contributed by atoms with Gasteiger partial charge in [-0.15, -0.1) is 0 Å². The summed E-state index contributed by atoms with van der Waals surface area (Å²) in [4.78, 5) is 7.65. The van der Waals surface area contributed by atoms with Crippen molar-refractivity contribution in [3.8, 4) is 11.4 Å². The van der Waals surface area contributed by atoms with Gasteiger partial charge in [-0.2, -0.15) is 4.98 Å². The molecule has 0 aliphatic carbocycles. The van der Waals surface area contributed by atoms with Crippen molar-refractivity contribution < 1.29 is 4.52 Å². The standard InChI is InChI=1S/C13H14N4O/c1-7(14)13-16-12(17-18-13)11-8(2)15-10-6-4-3-5-9(10)11/h3-7,15H,14H2,1-2H3/t7-/m0/s1. The molecule has 0 amide bonds. The lowest BCUT2D eigenvalue weighted by atomic mass is 10.1. The van der Waals surface area contributed by atoms with E-state index in [-0.39, 0.29) is 6.04 Å². The van der Waals surface area contributed by atoms with E-state index in [0.29, 0.717) is 11.7 Å². The fourth-order valence-electron chi connectivity index (χ4n) is 2.09. The Morgan fingerprint density at radius 1 is 1.33 bits per heavy atom. The number of nitrogens with one attached hydrogen (secondary N) is 1. The van der Waals surface area contributed by atoms with Crippen LogP contribution in [0.5, 0.6) is 0 Å². The topological polar surface area (TPSA) is 80.7 Å². The van der Waals surface area contributed by atoms with E-state index >= 15 is 0 Å². The summed E-state index contributed by atoms with van der Waals surface area (Å²) >= 11 is 0. The van der Waals surface area contributed by atoms with Crippen molar-refractivity contribution in [1.29, 1.82) is 0 Å². The van der Waals surface area contributed by atoms with Crippen molar-refractivity contribution in [2.24, 2.45) is 5.73 Å². The number of H-pyrrole nitrogens is 1. The summed E-state index contributed by atoms with van der Waals surface area (Å²) in [6.45, 7) is 3.82. The van der Waals surface area contributed by atoms with Crippen LogP contribution < -0.4 is 5.73 Å². The summed E-state index contributed by atoms with van der Waals surface area (Å²) in [7, 11) is 0. The second-order valence-electron chi connectivity index (χ2n) is 4.42. The van der Waals surface area contributed by atoms with E-state index in [1.54, 1.807) is 0 Å². The minimum absolute atomic E-state index is 0.253. The minimum Gasteiger partial charge on any atom is -0.358 e. The molecule has 0 bridgehead atoms. The number of para-hydroxylation sites is 1. The highest BCUT2D eigenvalue weighted by Gasteiger charge is 2.17. The van der Waals surface area contributed by atoms with E-state index < -0.39 is 0 Å². The summed E-state index contributed by atoms with van der Waals surface area (Å²) in [6, 6.07) is 7.79. The van der Waals surface area contributed by atoms with E-state index in [2.05, 4.69) is 15.1 Å². The highest BCUT2D eigenvalue weighted by molar-refractivity contribution is 5.95. The Labute approximate surface area is 104 Å². The molecule has 0 aliphatic heterocycles. The number of nitrogens with zero attached hydrogens (tertiary/aromatic N) is 2. The molecule has 5 nitrogen and oxygen atoms in total. The minimum atomic E-state index is -0.253. The third-order valence-electron chi connectivity index (χ3n) is 2.95. The summed E-state index contributed by atoms with van der Waals surface area (Å²) in [5.74, 6) is 1.03. The average Bonchev–Trinajstić information content (AvgIpc) is 2.91. The number of aryl methyl sites for hydroxylation is 1. The quantitative estimate of drug-likeness (QED) is 0.723. The van der Waals surface area contributed by atoms with Crippen molar-refractivity contribution in [2.75, 3.05) is 0 Å². The van der Waals surface area contributed by atoms with Gasteiger partial charge in [0.1, 0.15) is 0 Å². The van der Waals surface area contributed by atoms with Gasteiger partial charge in [0, 0.05) is 16.6 Å². The lowest BCUT2D eigenvalue weighted by molar-refractivity contribution is 0.362. The van der Waals surface area contributed by atoms with E-state index in [0.717, 1.165) is 22.2 Å². The molecule has 92 valence electrons. The Hall–Kier alpha value is -2.14. The Morgan fingerprint density at radius 2 is 2.11 bits per heavy atom. The maximum absolute atomic E-state index is 5.73. The number of hydrogen-bond acceptors (Lipinski definition) is 4. The molecule has 0 saturated heterocycles. The molecule has 5 heteroatoms. The first-order valence-electron chi connectivity index (χ1n) is 5.83. The van der Waals surface area contributed by atoms with E-state index in [1.165, 1.54) is 0 Å². The maximum Gasteiger partial charge on any atom is 0.243 e. The van der Waals surface area contributed by atoms with Gasteiger partial charge in [0.2, 0.25) is 11.7 Å². The predicted octanol–water partition coefficient (Wildman–Crippen LogP) is 2.55. The third kappa shape index (κ3) is 1.60. The molecule has 3 N–H and O–H groups in total. The van der Waals surface area contributed by atoms with Crippen molar-refractivity contribution in [3.05, 3.63) is 35.9 Å². The van der Waals surface area contributed by atoms with Crippen LogP contribution in [0.2, 0.25) is 0 Å². The zero-order chi connectivity index (χ0) is 12.7. The van der Waals surface area contributed by atoms with Gasteiger partial charge < -0.3 is 15.2 Å². The monoisotopic (exact) mass is 242 g/mol. The summed E-state index contributed by atoms with van der Waals surface area (Å²) < 4.78 is 5.15. The van der Waals surface area contributed by atoms with Crippen molar-refractivity contribution >= 4 is 10.9 Å². The second kappa shape index (κ2) is 3.96. The number of fused-ring (bicyclic) bond motifs is 1. The van der Waals surface area contributed by atoms with Gasteiger partial charge in [0.25, 0.3) is 0 Å². The van der Waals surface area contributed by atoms with Crippen LogP contribution in [0, 0.1) is 6.92 Å². The summed E-state index contributed by atoms with van der Waals surface area (Å²) in [6.07, 6.45) is 0. The number of nitrogens with two attached hydrogens (primary N) is 1. The fourth-order valence-corrected chi connectivity index (χ4v) is 2.09. The Bertz CT molecular complexity index is 696. The number of aromatic nitrogens is 3. The van der Waals surface area contributed by atoms with Crippen LogP contribution in [0.15, 0.2) is 28.8 Å². The number of hydrogen-bond donors (Lipinski definition) is 2. The van der Waals surface area contributed by atoms with Gasteiger partial charge in [-0.3, -0.25) is 0 Å². The van der Waals surface area contributed by atoms with E-state index in [9.17, 15) is 0 Å². The Kier molecular flexibility index (Phi) is 2.41. The smallest absolute Gasteiger partial charge is 0.243 e. The van der Waals surface area contributed by atoms with Crippen LogP contribution in [0.1, 0.15) is 24.6 Å². The molecule has 2 heterocycles. The van der Waals surface area contributed by atoms with Crippen molar-refractivity contribution in [2.45, 2.75) is 19.9 Å². The number of benzene rings is 1. The van der Waals surface area contributed by atoms with Gasteiger partial charge in [-0.05, 0) is 19.9 Å². The highest BCUT2D eigenvalue weighted by Crippen LogP contribution is 2.30. The van der Waals surface area contributed by atoms with Crippen LogP contribution in [-0.2, 0) is 0 Å². The van der Waals surface area contributed by atoms with Crippen molar-refractivity contribution in [3.63, 3.8) is 0 Å². The molecule has 0 fully saturated rings. The fraction of sp³-hybridized carbons (Fsp3) is 0.231. The van der Waals surface area contributed by atoms with Crippen LogP contribution in [0.4, 0.5) is 0 Å². The van der Waals surface area contributed by atoms with Gasteiger partial charge in [0.05, 0.1) is 11.6 Å². The molecule has 1 aromatic carbocycles. The number of aromatic amines is 1. The molecular formula is C13H14N4O. The predicted molar refractivity (Wildman–Crippen MR) is 68.9 cm³/mol. The molecule has 0 radical (unpaired) electrons. The molecule has 0 aliphatic rings. The van der Waals surface area contributed by atoms with E-state index in [1.807, 2.05) is 38.1 Å². The first-order valence-corrected chi connectivity index (χ1v) is 5.83. The van der Waals surface area contributed by atoms with Gasteiger partial charge in [-0.25, -0.2) is 0 Å². The lowest BCUT2D eigenvalue weighted by Gasteiger charge is -1.95. The summed E-state index contributed by atoms with van der Waals surface area (Å²) in [5.41, 5.74) is 8.79. The van der Waals surface area contributed by atoms with Crippen LogP contribution in [0.3, 0.4) is 0 Å². The lowest BCUT2D eigenvalue weighted by Crippen LogP contribution is -2.04. The zero-order valence-corrected chi connectivity index (χ0v) is 10.3. The zero-order valence-electron chi connectivity index (χ0n) is 10.3. The molecule has 3 rings (SSSR count). The second-order valence-corrected chi connectivity index (χ2v) is 4.42. The largest absolute Gasteiger partial charge is 0.358 e. The Balaban J connectivity index is 2.21. The molecule has 0 spiro atoms. The van der Waals surface area contributed by atoms with Crippen LogP contribution in [0.25, 0.3) is 22.3 Å². The van der Waals surface area contributed by atoms with Crippen LogP contribution in [-0.4, -0.2) is 15.1 Å². The van der Waals surface area contributed by atoms with Crippen molar-refractivity contribution in [1.82, 2.24) is 15.1 Å². The molecule has 18 heavy (non-hydrogen) atoms. The first kappa shape index (κ1) is 11.0. The SMILES string of the molecule is Cc1[nH]c2ccccc2c1-c1noc([C@H](C)N)n1. The molecule has 2 aromatic heterocycles. The first-order chi connectivity index (χ1) is 8.66. The summed E-state index contributed by atoms with van der Waals surface area (Å²) in [5, 5.41) is 5.09. The van der Waals surface area contributed by atoms with E-state index in [4.69, 9.17) is 10.3 Å². The normalized spacial score (nSPS) is 13.1. The Morgan fingerprint density at radius 3 is 2.83 bits per heavy atom. The van der Waals surface area contributed by atoms with Gasteiger partial charge >= 0.3 is 0 Å². The molecular weight excluding hydrogens is 228 g/mol. The van der Waals surface area contributed by atoms with Crippen LogP contribution >= 0.6 is 0 Å². The number of rotatable bonds is 2. The molecule has 0 saturated carbocycles. The van der Waals surface area contributed by atoms with Gasteiger partial charge in [0.15, 0.2) is 0 Å². The molecule has 0 unspecified atom stereocenters. The van der Waals surface area contributed by atoms with Gasteiger partial charge in [-0.1, -0.05) is 23.4 Å². The average molecular weight is 242 g/mol. The maximum atomic E-state index is 5.73. The third-order valence-corrected chi connectivity index (χ3v) is 2.95. The highest BCUT2D eigenvalue weighted by atomic mass is 16.5. The molecule has 1 atom stereocenters.